The summed E-state index contributed by atoms with van der Waals surface area (Å²) in [5.74, 6) is -0.130. The lowest BCUT2D eigenvalue weighted by Crippen LogP contribution is -2.43. The van der Waals surface area contributed by atoms with E-state index < -0.39 is 0 Å². The predicted octanol–water partition coefficient (Wildman–Crippen LogP) is 3.24. The van der Waals surface area contributed by atoms with Crippen LogP contribution in [0.1, 0.15) is 32.3 Å². The first-order valence-corrected chi connectivity index (χ1v) is 6.07. The Morgan fingerprint density at radius 3 is 2.56 bits per heavy atom. The molecular formula is C14H20FN. The molecule has 0 atom stereocenters. The van der Waals surface area contributed by atoms with Gasteiger partial charge in [-0.1, -0.05) is 12.1 Å². The molecule has 1 aliphatic rings. The van der Waals surface area contributed by atoms with Gasteiger partial charge in [0.05, 0.1) is 0 Å². The molecule has 1 aliphatic heterocycles. The fourth-order valence-electron chi connectivity index (χ4n) is 2.58. The Balaban J connectivity index is 2.07. The highest BCUT2D eigenvalue weighted by Crippen LogP contribution is 2.25. The van der Waals surface area contributed by atoms with Crippen LogP contribution in [0.25, 0.3) is 0 Å². The third kappa shape index (κ3) is 2.62. The highest BCUT2D eigenvalue weighted by molar-refractivity contribution is 5.18. The van der Waals surface area contributed by atoms with E-state index in [1.165, 1.54) is 32.0 Å². The van der Waals surface area contributed by atoms with Crippen LogP contribution >= 0.6 is 0 Å². The zero-order valence-electron chi connectivity index (χ0n) is 10.2. The lowest BCUT2D eigenvalue weighted by molar-refractivity contribution is 0.154. The van der Waals surface area contributed by atoms with E-state index in [0.717, 1.165) is 12.0 Å². The number of nitrogens with zero attached hydrogens (tertiary/aromatic N) is 1. The average Bonchev–Trinajstić information content (AvgIpc) is 2.69. The minimum atomic E-state index is -0.130. The number of likely N-dealkylation sites (tertiary alicyclic amines) is 1. The van der Waals surface area contributed by atoms with Crippen LogP contribution in [0.5, 0.6) is 0 Å². The fraction of sp³-hybridized carbons (Fsp3) is 0.571. The molecule has 1 aromatic rings. The van der Waals surface area contributed by atoms with Gasteiger partial charge in [-0.2, -0.15) is 0 Å². The van der Waals surface area contributed by atoms with Gasteiger partial charge in [-0.05, 0) is 63.9 Å². The summed E-state index contributed by atoms with van der Waals surface area (Å²) in [7, 11) is 0. The van der Waals surface area contributed by atoms with Crippen LogP contribution in [-0.4, -0.2) is 23.5 Å². The molecule has 1 nitrogen and oxygen atoms in total. The topological polar surface area (TPSA) is 3.24 Å². The second-order valence-electron chi connectivity index (χ2n) is 5.31. The lowest BCUT2D eigenvalue weighted by atomic mass is 9.93. The molecule has 1 saturated heterocycles. The quantitative estimate of drug-likeness (QED) is 0.757. The maximum Gasteiger partial charge on any atom is 0.123 e. The zero-order valence-corrected chi connectivity index (χ0v) is 10.2. The third-order valence-corrected chi connectivity index (χ3v) is 3.49. The summed E-state index contributed by atoms with van der Waals surface area (Å²) in [6, 6.07) is 6.97. The van der Waals surface area contributed by atoms with E-state index in [2.05, 4.69) is 18.7 Å². The zero-order chi connectivity index (χ0) is 11.6. The molecule has 0 N–H and O–H groups in total. The lowest BCUT2D eigenvalue weighted by Gasteiger charge is -2.35. The van der Waals surface area contributed by atoms with Crippen LogP contribution < -0.4 is 0 Å². The number of rotatable bonds is 3. The van der Waals surface area contributed by atoms with E-state index in [1.54, 1.807) is 12.1 Å². The minimum Gasteiger partial charge on any atom is -0.298 e. The normalized spacial score (nSPS) is 17.9. The first-order chi connectivity index (χ1) is 7.58. The Morgan fingerprint density at radius 2 is 1.94 bits per heavy atom. The number of benzene rings is 1. The van der Waals surface area contributed by atoms with Crippen molar-refractivity contribution < 1.29 is 4.39 Å². The Bertz CT molecular complexity index is 354. The van der Waals surface area contributed by atoms with E-state index in [9.17, 15) is 4.39 Å². The van der Waals surface area contributed by atoms with Crippen LogP contribution in [0.15, 0.2) is 24.3 Å². The molecule has 0 radical (unpaired) electrons. The standard InChI is InChI=1S/C14H20FN/c1-14(2,16-8-3-4-9-16)11-12-6-5-7-13(15)10-12/h5-7,10H,3-4,8-9,11H2,1-2H3. The Hall–Kier alpha value is -0.890. The van der Waals surface area contributed by atoms with E-state index >= 15 is 0 Å². The first-order valence-electron chi connectivity index (χ1n) is 6.07. The Kier molecular flexibility index (Phi) is 3.29. The van der Waals surface area contributed by atoms with Crippen LogP contribution in [-0.2, 0) is 6.42 Å². The van der Waals surface area contributed by atoms with Crippen molar-refractivity contribution in [3.63, 3.8) is 0 Å². The number of hydrogen-bond donors (Lipinski definition) is 0. The van der Waals surface area contributed by atoms with Gasteiger partial charge in [-0.3, -0.25) is 4.90 Å². The summed E-state index contributed by atoms with van der Waals surface area (Å²) in [6.45, 7) is 6.87. The summed E-state index contributed by atoms with van der Waals surface area (Å²) in [4.78, 5) is 2.51. The molecule has 0 aromatic heterocycles. The summed E-state index contributed by atoms with van der Waals surface area (Å²) < 4.78 is 13.1. The van der Waals surface area contributed by atoms with E-state index in [0.29, 0.717) is 0 Å². The molecule has 0 aliphatic carbocycles. The van der Waals surface area contributed by atoms with Crippen LogP contribution in [0, 0.1) is 5.82 Å². The van der Waals surface area contributed by atoms with Gasteiger partial charge in [0.25, 0.3) is 0 Å². The highest BCUT2D eigenvalue weighted by Gasteiger charge is 2.28. The molecule has 1 heterocycles. The van der Waals surface area contributed by atoms with Gasteiger partial charge < -0.3 is 0 Å². The molecule has 1 aromatic carbocycles. The number of halogens is 1. The number of hydrogen-bond acceptors (Lipinski definition) is 1. The molecule has 16 heavy (non-hydrogen) atoms. The molecule has 0 saturated carbocycles. The summed E-state index contributed by atoms with van der Waals surface area (Å²) in [6.07, 6.45) is 3.52. The molecule has 0 unspecified atom stereocenters. The Morgan fingerprint density at radius 1 is 1.25 bits per heavy atom. The monoisotopic (exact) mass is 221 g/mol. The largest absolute Gasteiger partial charge is 0.298 e. The van der Waals surface area contributed by atoms with Crippen molar-refractivity contribution in [1.29, 1.82) is 0 Å². The molecule has 0 spiro atoms. The van der Waals surface area contributed by atoms with Gasteiger partial charge in [0.15, 0.2) is 0 Å². The summed E-state index contributed by atoms with van der Waals surface area (Å²) in [5, 5.41) is 0. The van der Waals surface area contributed by atoms with Gasteiger partial charge >= 0.3 is 0 Å². The van der Waals surface area contributed by atoms with Gasteiger partial charge in [-0.15, -0.1) is 0 Å². The third-order valence-electron chi connectivity index (χ3n) is 3.49. The van der Waals surface area contributed by atoms with Gasteiger partial charge in [0, 0.05) is 5.54 Å². The second-order valence-corrected chi connectivity index (χ2v) is 5.31. The summed E-state index contributed by atoms with van der Waals surface area (Å²) >= 11 is 0. The first kappa shape index (κ1) is 11.6. The highest BCUT2D eigenvalue weighted by atomic mass is 19.1. The van der Waals surface area contributed by atoms with Crippen molar-refractivity contribution in [2.45, 2.75) is 38.6 Å². The van der Waals surface area contributed by atoms with Crippen LogP contribution in [0.4, 0.5) is 4.39 Å². The van der Waals surface area contributed by atoms with Crippen molar-refractivity contribution in [1.82, 2.24) is 4.90 Å². The van der Waals surface area contributed by atoms with E-state index in [4.69, 9.17) is 0 Å². The van der Waals surface area contributed by atoms with Crippen molar-refractivity contribution >= 4 is 0 Å². The smallest absolute Gasteiger partial charge is 0.123 e. The average molecular weight is 221 g/mol. The molecular weight excluding hydrogens is 201 g/mol. The molecule has 0 bridgehead atoms. The van der Waals surface area contributed by atoms with Crippen molar-refractivity contribution in [2.75, 3.05) is 13.1 Å². The maximum atomic E-state index is 13.1. The van der Waals surface area contributed by atoms with Gasteiger partial charge in [-0.25, -0.2) is 4.39 Å². The summed E-state index contributed by atoms with van der Waals surface area (Å²) in [5.41, 5.74) is 1.24. The van der Waals surface area contributed by atoms with Crippen molar-refractivity contribution in [2.24, 2.45) is 0 Å². The van der Waals surface area contributed by atoms with E-state index in [-0.39, 0.29) is 11.4 Å². The fourth-order valence-corrected chi connectivity index (χ4v) is 2.58. The molecule has 2 rings (SSSR count). The Labute approximate surface area is 97.3 Å². The SMILES string of the molecule is CC(C)(Cc1cccc(F)c1)N1CCCC1. The van der Waals surface area contributed by atoms with E-state index in [1.807, 2.05) is 6.07 Å². The second kappa shape index (κ2) is 4.54. The molecule has 0 amide bonds. The van der Waals surface area contributed by atoms with Crippen molar-refractivity contribution in [3.05, 3.63) is 35.6 Å². The maximum absolute atomic E-state index is 13.1. The van der Waals surface area contributed by atoms with Crippen LogP contribution in [0.3, 0.4) is 0 Å². The predicted molar refractivity (Wildman–Crippen MR) is 65.0 cm³/mol. The van der Waals surface area contributed by atoms with Gasteiger partial charge in [0.1, 0.15) is 5.82 Å². The minimum absolute atomic E-state index is 0.130. The van der Waals surface area contributed by atoms with Crippen molar-refractivity contribution in [3.8, 4) is 0 Å². The molecule has 88 valence electrons. The van der Waals surface area contributed by atoms with Crippen LogP contribution in [0.2, 0.25) is 0 Å². The molecule has 1 fully saturated rings. The molecule has 2 heteroatoms. The van der Waals surface area contributed by atoms with Gasteiger partial charge in [0.2, 0.25) is 0 Å².